The van der Waals surface area contributed by atoms with Crippen molar-refractivity contribution in [2.45, 2.75) is 12.6 Å². The molecule has 0 spiro atoms. The third kappa shape index (κ3) is 4.81. The van der Waals surface area contributed by atoms with Crippen molar-refractivity contribution in [3.63, 3.8) is 0 Å². The Bertz CT molecular complexity index is 1300. The highest BCUT2D eigenvalue weighted by atomic mass is 16.5. The van der Waals surface area contributed by atoms with Gasteiger partial charge in [0.2, 0.25) is 0 Å². The maximum atomic E-state index is 12.5. The summed E-state index contributed by atoms with van der Waals surface area (Å²) in [6.45, 7) is 3.16. The summed E-state index contributed by atoms with van der Waals surface area (Å²) >= 11 is 0. The number of piperazine rings is 1. The first-order valence-corrected chi connectivity index (χ1v) is 11.8. The first kappa shape index (κ1) is 22.8. The molecule has 0 amide bonds. The van der Waals surface area contributed by atoms with Crippen LogP contribution in [0.1, 0.15) is 17.2 Å². The summed E-state index contributed by atoms with van der Waals surface area (Å²) in [5, 5.41) is 11.1. The van der Waals surface area contributed by atoms with Crippen molar-refractivity contribution in [1.29, 1.82) is 0 Å². The van der Waals surface area contributed by atoms with Crippen molar-refractivity contribution >= 4 is 22.6 Å². The molecule has 1 fully saturated rings. The van der Waals surface area contributed by atoms with E-state index >= 15 is 0 Å². The molecule has 0 aliphatic carbocycles. The molecule has 180 valence electrons. The van der Waals surface area contributed by atoms with Gasteiger partial charge in [0, 0.05) is 48.8 Å². The molecular weight excluding hydrogens is 442 g/mol. The van der Waals surface area contributed by atoms with E-state index in [9.17, 15) is 9.90 Å². The van der Waals surface area contributed by atoms with Gasteiger partial charge in [-0.25, -0.2) is 0 Å². The Balaban J connectivity index is 1.35. The number of ether oxygens (including phenoxy) is 2. The number of carboxylic acid groups (broad SMARTS) is 1. The summed E-state index contributed by atoms with van der Waals surface area (Å²) in [6, 6.07) is 23.0. The summed E-state index contributed by atoms with van der Waals surface area (Å²) in [4.78, 5) is 20.0. The summed E-state index contributed by atoms with van der Waals surface area (Å²) < 4.78 is 11.5. The van der Waals surface area contributed by atoms with E-state index in [-0.39, 0.29) is 0 Å². The second kappa shape index (κ2) is 10.1. The van der Waals surface area contributed by atoms with E-state index in [0.717, 1.165) is 46.6 Å². The van der Waals surface area contributed by atoms with Crippen LogP contribution >= 0.6 is 0 Å². The quantitative estimate of drug-likeness (QED) is 0.388. The second-order valence-electron chi connectivity index (χ2n) is 8.66. The minimum Gasteiger partial charge on any atom is -0.495 e. The van der Waals surface area contributed by atoms with E-state index < -0.39 is 12.0 Å². The van der Waals surface area contributed by atoms with E-state index in [4.69, 9.17) is 9.47 Å². The molecule has 1 aliphatic heterocycles. The Kier molecular flexibility index (Phi) is 6.59. The van der Waals surface area contributed by atoms with Crippen LogP contribution in [0, 0.1) is 0 Å². The number of aromatic nitrogens is 1. The highest BCUT2D eigenvalue weighted by Crippen LogP contribution is 2.34. The molecule has 35 heavy (non-hydrogen) atoms. The fourth-order valence-electron chi connectivity index (χ4n) is 4.78. The van der Waals surface area contributed by atoms with E-state index in [1.165, 1.54) is 0 Å². The molecule has 2 heterocycles. The average Bonchev–Trinajstić information content (AvgIpc) is 3.31. The van der Waals surface area contributed by atoms with Gasteiger partial charge >= 0.3 is 5.97 Å². The zero-order chi connectivity index (χ0) is 24.2. The van der Waals surface area contributed by atoms with Crippen LogP contribution in [0.15, 0.2) is 79.0 Å². The number of rotatable bonds is 8. The Labute approximate surface area is 204 Å². The van der Waals surface area contributed by atoms with Crippen LogP contribution in [0.5, 0.6) is 11.5 Å². The predicted molar refractivity (Wildman–Crippen MR) is 136 cm³/mol. The number of nitrogens with one attached hydrogen (secondary N) is 1. The molecule has 7 nitrogen and oxygen atoms in total. The van der Waals surface area contributed by atoms with Crippen LogP contribution in [-0.4, -0.2) is 54.2 Å². The maximum absolute atomic E-state index is 12.5. The van der Waals surface area contributed by atoms with Gasteiger partial charge in [-0.15, -0.1) is 0 Å². The van der Waals surface area contributed by atoms with Crippen molar-refractivity contribution < 1.29 is 19.4 Å². The molecule has 1 aromatic heterocycles. The van der Waals surface area contributed by atoms with Gasteiger partial charge in [0.1, 0.15) is 24.1 Å². The van der Waals surface area contributed by atoms with Gasteiger partial charge in [-0.2, -0.15) is 0 Å². The SMILES string of the molecule is COc1ccccc1N1CCN([C@H](C(=O)O)c2c[nH]c3ccc(OCc4ccccc4)cc23)CC1. The van der Waals surface area contributed by atoms with Gasteiger partial charge in [-0.3, -0.25) is 9.69 Å². The summed E-state index contributed by atoms with van der Waals surface area (Å²) in [7, 11) is 1.67. The number of hydrogen-bond acceptors (Lipinski definition) is 5. The summed E-state index contributed by atoms with van der Waals surface area (Å²) in [5.41, 5.74) is 3.77. The number of aromatic amines is 1. The molecule has 1 saturated heterocycles. The summed E-state index contributed by atoms with van der Waals surface area (Å²) in [5.74, 6) is 0.690. The van der Waals surface area contributed by atoms with Gasteiger partial charge in [-0.05, 0) is 35.9 Å². The molecule has 0 saturated carbocycles. The number of carbonyl (C=O) groups is 1. The molecule has 3 aromatic carbocycles. The Hall–Kier alpha value is -3.97. The maximum Gasteiger partial charge on any atom is 0.325 e. The molecule has 0 radical (unpaired) electrons. The lowest BCUT2D eigenvalue weighted by Gasteiger charge is -2.39. The highest BCUT2D eigenvalue weighted by molar-refractivity contribution is 5.90. The first-order valence-electron chi connectivity index (χ1n) is 11.8. The monoisotopic (exact) mass is 471 g/mol. The standard InChI is InChI=1S/C28H29N3O4/c1-34-26-10-6-5-9-25(26)30-13-15-31(16-14-30)27(28(32)33)23-18-29-24-12-11-21(17-22(23)24)35-19-20-7-3-2-4-8-20/h2-12,17-18,27,29H,13-16,19H2,1H3,(H,32,33)/t27-/m0/s1. The number of methoxy groups -OCH3 is 1. The van der Waals surface area contributed by atoms with Gasteiger partial charge in [0.05, 0.1) is 12.8 Å². The number of nitrogens with zero attached hydrogens (tertiary/aromatic N) is 2. The van der Waals surface area contributed by atoms with Crippen LogP contribution in [-0.2, 0) is 11.4 Å². The molecule has 0 bridgehead atoms. The van der Waals surface area contributed by atoms with E-state index in [1.807, 2.05) is 83.9 Å². The van der Waals surface area contributed by atoms with Crippen LogP contribution in [0.3, 0.4) is 0 Å². The normalized spacial score (nSPS) is 15.2. The van der Waals surface area contributed by atoms with Gasteiger partial charge < -0.3 is 24.5 Å². The van der Waals surface area contributed by atoms with E-state index in [1.54, 1.807) is 7.11 Å². The smallest absolute Gasteiger partial charge is 0.325 e. The number of para-hydroxylation sites is 2. The molecule has 5 rings (SSSR count). The predicted octanol–water partition coefficient (Wildman–Crippen LogP) is 4.70. The zero-order valence-corrected chi connectivity index (χ0v) is 19.7. The van der Waals surface area contributed by atoms with Crippen LogP contribution in [0.4, 0.5) is 5.69 Å². The van der Waals surface area contributed by atoms with Crippen molar-refractivity contribution in [3.05, 3.63) is 90.1 Å². The van der Waals surface area contributed by atoms with E-state index in [2.05, 4.69) is 9.88 Å². The van der Waals surface area contributed by atoms with Gasteiger partial charge in [-0.1, -0.05) is 42.5 Å². The summed E-state index contributed by atoms with van der Waals surface area (Å²) in [6.07, 6.45) is 1.82. The molecule has 1 aliphatic rings. The molecule has 7 heteroatoms. The van der Waals surface area contributed by atoms with Crippen LogP contribution < -0.4 is 14.4 Å². The van der Waals surface area contributed by atoms with Crippen molar-refractivity contribution in [3.8, 4) is 11.5 Å². The molecular formula is C28H29N3O4. The largest absolute Gasteiger partial charge is 0.495 e. The molecule has 2 N–H and O–H groups in total. The van der Waals surface area contributed by atoms with Gasteiger partial charge in [0.25, 0.3) is 0 Å². The Morgan fingerprint density at radius 1 is 1.00 bits per heavy atom. The topological polar surface area (TPSA) is 78.0 Å². The number of anilines is 1. The number of H-pyrrole nitrogens is 1. The lowest BCUT2D eigenvalue weighted by molar-refractivity contribution is -0.143. The fraction of sp³-hybridized carbons (Fsp3) is 0.250. The Morgan fingerprint density at radius 2 is 1.74 bits per heavy atom. The number of benzene rings is 3. The van der Waals surface area contributed by atoms with E-state index in [0.29, 0.717) is 25.4 Å². The third-order valence-electron chi connectivity index (χ3n) is 6.57. The minimum absolute atomic E-state index is 0.458. The highest BCUT2D eigenvalue weighted by Gasteiger charge is 2.32. The van der Waals surface area contributed by atoms with Crippen LogP contribution in [0.2, 0.25) is 0 Å². The third-order valence-corrected chi connectivity index (χ3v) is 6.57. The van der Waals surface area contributed by atoms with Crippen molar-refractivity contribution in [2.75, 3.05) is 38.2 Å². The molecule has 4 aromatic rings. The number of hydrogen-bond donors (Lipinski definition) is 2. The van der Waals surface area contributed by atoms with Crippen molar-refractivity contribution in [1.82, 2.24) is 9.88 Å². The first-order chi connectivity index (χ1) is 17.1. The lowest BCUT2D eigenvalue weighted by Crippen LogP contribution is -2.49. The van der Waals surface area contributed by atoms with Crippen molar-refractivity contribution in [2.24, 2.45) is 0 Å². The Morgan fingerprint density at radius 3 is 2.49 bits per heavy atom. The number of carboxylic acids is 1. The lowest BCUT2D eigenvalue weighted by atomic mass is 10.0. The minimum atomic E-state index is -0.854. The zero-order valence-electron chi connectivity index (χ0n) is 19.7. The number of fused-ring (bicyclic) bond motifs is 1. The van der Waals surface area contributed by atoms with Crippen LogP contribution in [0.25, 0.3) is 10.9 Å². The number of aliphatic carboxylic acids is 1. The van der Waals surface area contributed by atoms with Gasteiger partial charge in [0.15, 0.2) is 0 Å². The average molecular weight is 472 g/mol. The fourth-order valence-corrected chi connectivity index (χ4v) is 4.78. The molecule has 1 atom stereocenters. The molecule has 0 unspecified atom stereocenters. The second-order valence-corrected chi connectivity index (χ2v) is 8.66.